The minimum Gasteiger partial charge on any atom is -0.480 e. The number of nitrogens with zero attached hydrogens (tertiary/aromatic N) is 3. The van der Waals surface area contributed by atoms with E-state index < -0.39 is 29.7 Å². The number of anilines is 2. The lowest BCUT2D eigenvalue weighted by Crippen LogP contribution is -2.25. The SMILES string of the molecule is Cc1oc(F)nc1C(=O)Nc1ccc(N(C)CC(=O)O)nc1.Fc1ccccc1F. The van der Waals surface area contributed by atoms with Crippen molar-refractivity contribution in [2.45, 2.75) is 6.92 Å². The molecule has 30 heavy (non-hydrogen) atoms. The van der Waals surface area contributed by atoms with Crippen LogP contribution in [0.25, 0.3) is 0 Å². The van der Waals surface area contributed by atoms with Gasteiger partial charge >= 0.3 is 12.1 Å². The van der Waals surface area contributed by atoms with E-state index in [0.717, 1.165) is 12.1 Å². The monoisotopic (exact) mass is 422 g/mol. The molecule has 0 aliphatic rings. The molecule has 1 aromatic carbocycles. The summed E-state index contributed by atoms with van der Waals surface area (Å²) in [7, 11) is 1.58. The highest BCUT2D eigenvalue weighted by Crippen LogP contribution is 2.15. The smallest absolute Gasteiger partial charge is 0.382 e. The largest absolute Gasteiger partial charge is 0.480 e. The maximum atomic E-state index is 12.8. The van der Waals surface area contributed by atoms with Crippen molar-refractivity contribution in [3.8, 4) is 0 Å². The van der Waals surface area contributed by atoms with E-state index in [0.29, 0.717) is 11.5 Å². The van der Waals surface area contributed by atoms with Crippen molar-refractivity contribution in [2.75, 3.05) is 23.8 Å². The number of benzene rings is 1. The zero-order valence-corrected chi connectivity index (χ0v) is 15.9. The van der Waals surface area contributed by atoms with E-state index in [4.69, 9.17) is 5.11 Å². The van der Waals surface area contributed by atoms with E-state index in [1.807, 2.05) is 0 Å². The average molecular weight is 422 g/mol. The Kier molecular flexibility index (Phi) is 7.50. The van der Waals surface area contributed by atoms with Crippen molar-refractivity contribution >= 4 is 23.4 Å². The molecule has 158 valence electrons. The van der Waals surface area contributed by atoms with Gasteiger partial charge in [-0.05, 0) is 31.2 Å². The Labute approximate surface area is 169 Å². The summed E-state index contributed by atoms with van der Waals surface area (Å²) in [5.74, 6) is -2.70. The number of aryl methyl sites for hydroxylation is 1. The Morgan fingerprint density at radius 2 is 1.77 bits per heavy atom. The van der Waals surface area contributed by atoms with Gasteiger partial charge in [0.15, 0.2) is 17.3 Å². The minimum absolute atomic E-state index is 0.0702. The first-order valence-corrected chi connectivity index (χ1v) is 8.40. The Bertz CT molecular complexity index is 1000. The molecule has 0 saturated carbocycles. The minimum atomic E-state index is -1.08. The van der Waals surface area contributed by atoms with E-state index in [9.17, 15) is 22.8 Å². The van der Waals surface area contributed by atoms with Crippen LogP contribution in [-0.4, -0.2) is 40.5 Å². The average Bonchev–Trinajstić information content (AvgIpc) is 3.03. The molecule has 0 atom stereocenters. The van der Waals surface area contributed by atoms with Crippen LogP contribution < -0.4 is 10.2 Å². The molecule has 0 fully saturated rings. The Balaban J connectivity index is 0.000000335. The fraction of sp³-hybridized carbons (Fsp3) is 0.158. The zero-order chi connectivity index (χ0) is 22.3. The summed E-state index contributed by atoms with van der Waals surface area (Å²) >= 11 is 0. The Hall–Kier alpha value is -3.89. The predicted molar refractivity (Wildman–Crippen MR) is 101 cm³/mol. The van der Waals surface area contributed by atoms with E-state index in [1.54, 1.807) is 19.2 Å². The number of carbonyl (C=O) groups is 2. The van der Waals surface area contributed by atoms with Gasteiger partial charge in [0.2, 0.25) is 0 Å². The van der Waals surface area contributed by atoms with Gasteiger partial charge in [0.25, 0.3) is 5.91 Å². The highest BCUT2D eigenvalue weighted by atomic mass is 19.2. The van der Waals surface area contributed by atoms with Gasteiger partial charge in [-0.3, -0.25) is 9.59 Å². The van der Waals surface area contributed by atoms with Crippen molar-refractivity contribution < 1.29 is 32.3 Å². The molecule has 0 bridgehead atoms. The number of likely N-dealkylation sites (N-methyl/N-ethyl adjacent to an activating group) is 1. The third-order valence-electron chi connectivity index (χ3n) is 3.58. The number of carboxylic acid groups (broad SMARTS) is 1. The number of aliphatic carboxylic acids is 1. The molecule has 2 aromatic heterocycles. The topological polar surface area (TPSA) is 109 Å². The molecule has 3 aromatic rings. The summed E-state index contributed by atoms with van der Waals surface area (Å²) in [5, 5.41) is 11.2. The summed E-state index contributed by atoms with van der Waals surface area (Å²) in [6, 6.07) is 8.14. The number of halogens is 3. The fourth-order valence-corrected chi connectivity index (χ4v) is 2.17. The number of carboxylic acids is 1. The van der Waals surface area contributed by atoms with Gasteiger partial charge in [0.05, 0.1) is 11.9 Å². The van der Waals surface area contributed by atoms with Crippen LogP contribution in [0.15, 0.2) is 47.0 Å². The van der Waals surface area contributed by atoms with Crippen molar-refractivity contribution in [1.29, 1.82) is 0 Å². The standard InChI is InChI=1S/C13H13FN4O4.C6H4F2/c1-7-11(17-13(14)22-7)12(21)16-8-3-4-9(15-5-8)18(2)6-10(19)20;7-5-3-1-2-4-6(5)8/h3-5H,6H2,1-2H3,(H,16,21)(H,19,20);1-4H. The van der Waals surface area contributed by atoms with Crippen LogP contribution in [0.1, 0.15) is 16.2 Å². The van der Waals surface area contributed by atoms with Gasteiger partial charge in [0.1, 0.15) is 18.1 Å². The summed E-state index contributed by atoms with van der Waals surface area (Å²) < 4.78 is 41.2. The summed E-state index contributed by atoms with van der Waals surface area (Å²) in [6.07, 6.45) is 0.281. The van der Waals surface area contributed by atoms with Gasteiger partial charge in [-0.25, -0.2) is 13.8 Å². The lowest BCUT2D eigenvalue weighted by atomic mass is 10.3. The molecule has 0 aliphatic carbocycles. The number of rotatable bonds is 5. The van der Waals surface area contributed by atoms with E-state index in [2.05, 4.69) is 19.7 Å². The van der Waals surface area contributed by atoms with Crippen LogP contribution in [0.5, 0.6) is 0 Å². The molecule has 0 aliphatic heterocycles. The number of carbonyl (C=O) groups excluding carboxylic acids is 1. The van der Waals surface area contributed by atoms with Crippen LogP contribution in [0, 0.1) is 24.7 Å². The lowest BCUT2D eigenvalue weighted by molar-refractivity contribution is -0.135. The third kappa shape index (κ3) is 6.33. The van der Waals surface area contributed by atoms with Gasteiger partial charge in [-0.15, -0.1) is 4.39 Å². The Morgan fingerprint density at radius 1 is 1.13 bits per heavy atom. The molecule has 0 spiro atoms. The molecule has 0 radical (unpaired) electrons. The number of amides is 1. The maximum absolute atomic E-state index is 12.8. The third-order valence-corrected chi connectivity index (χ3v) is 3.58. The number of hydrogen-bond donors (Lipinski definition) is 2. The maximum Gasteiger partial charge on any atom is 0.382 e. The van der Waals surface area contributed by atoms with Crippen molar-refractivity contribution in [2.24, 2.45) is 0 Å². The van der Waals surface area contributed by atoms with Gasteiger partial charge < -0.3 is 19.7 Å². The molecule has 8 nitrogen and oxygen atoms in total. The molecule has 1 amide bonds. The van der Waals surface area contributed by atoms with E-state index in [1.165, 1.54) is 30.2 Å². The lowest BCUT2D eigenvalue weighted by Gasteiger charge is -2.15. The molecular weight excluding hydrogens is 405 g/mol. The molecule has 0 saturated heterocycles. The molecule has 0 unspecified atom stereocenters. The van der Waals surface area contributed by atoms with Gasteiger partial charge in [-0.2, -0.15) is 4.98 Å². The molecular formula is C19H17F3N4O4. The second-order valence-corrected chi connectivity index (χ2v) is 5.89. The first-order chi connectivity index (χ1) is 14.2. The van der Waals surface area contributed by atoms with Crippen molar-refractivity contribution in [1.82, 2.24) is 9.97 Å². The number of oxazole rings is 1. The summed E-state index contributed by atoms with van der Waals surface area (Å²) in [5.41, 5.74) is 0.213. The van der Waals surface area contributed by atoms with Crippen LogP contribution in [0.3, 0.4) is 0 Å². The highest BCUT2D eigenvalue weighted by Gasteiger charge is 2.17. The highest BCUT2D eigenvalue weighted by molar-refractivity contribution is 6.03. The summed E-state index contributed by atoms with van der Waals surface area (Å²) in [4.78, 5) is 31.3. The van der Waals surface area contributed by atoms with Gasteiger partial charge in [0, 0.05) is 7.05 Å². The Morgan fingerprint density at radius 3 is 2.20 bits per heavy atom. The number of pyridine rings is 1. The van der Waals surface area contributed by atoms with Crippen molar-refractivity contribution in [3.63, 3.8) is 0 Å². The second-order valence-electron chi connectivity index (χ2n) is 5.89. The number of aromatic nitrogens is 2. The van der Waals surface area contributed by atoms with Crippen LogP contribution in [-0.2, 0) is 4.79 Å². The summed E-state index contributed by atoms with van der Waals surface area (Å²) in [6.45, 7) is 1.23. The number of hydrogen-bond acceptors (Lipinski definition) is 6. The first-order valence-electron chi connectivity index (χ1n) is 8.40. The van der Waals surface area contributed by atoms with E-state index in [-0.39, 0.29) is 18.0 Å². The first kappa shape index (κ1) is 22.4. The van der Waals surface area contributed by atoms with Gasteiger partial charge in [-0.1, -0.05) is 12.1 Å². The quantitative estimate of drug-likeness (QED) is 0.650. The fourth-order valence-electron chi connectivity index (χ4n) is 2.17. The van der Waals surface area contributed by atoms with E-state index >= 15 is 0 Å². The molecule has 3 rings (SSSR count). The molecule has 11 heteroatoms. The van der Waals surface area contributed by atoms with Crippen LogP contribution in [0.4, 0.5) is 24.7 Å². The van der Waals surface area contributed by atoms with Crippen LogP contribution in [0.2, 0.25) is 0 Å². The molecule has 2 N–H and O–H groups in total. The van der Waals surface area contributed by atoms with Crippen molar-refractivity contribution in [3.05, 3.63) is 71.8 Å². The normalized spacial score (nSPS) is 10.0. The predicted octanol–water partition coefficient (Wildman–Crippen LogP) is 3.26. The second kappa shape index (κ2) is 10.0. The zero-order valence-electron chi connectivity index (χ0n) is 15.9. The number of nitrogens with one attached hydrogen (secondary N) is 1. The molecule has 2 heterocycles. The van der Waals surface area contributed by atoms with Crippen LogP contribution >= 0.6 is 0 Å².